The van der Waals surface area contributed by atoms with Gasteiger partial charge in [0.15, 0.2) is 17.3 Å². The van der Waals surface area contributed by atoms with E-state index in [9.17, 15) is 19.8 Å². The van der Waals surface area contributed by atoms with E-state index in [2.05, 4.69) is 13.8 Å². The van der Waals surface area contributed by atoms with Crippen LogP contribution in [0.4, 0.5) is 0 Å². The monoisotopic (exact) mass is 654 g/mol. The molecule has 248 valence electrons. The molecule has 7 rings (SSSR count). The minimum Gasteiger partial charge on any atom is -0.504 e. The number of benzene rings is 1. The van der Waals surface area contributed by atoms with Gasteiger partial charge in [0.25, 0.3) is 0 Å². The Hall–Kier alpha value is -5.44. The van der Waals surface area contributed by atoms with E-state index >= 15 is 0 Å². The number of carbonyl (C=O) groups excluding carboxylic acids is 2. The van der Waals surface area contributed by atoms with E-state index in [-0.39, 0.29) is 47.9 Å². The second-order valence-corrected chi connectivity index (χ2v) is 13.1. The van der Waals surface area contributed by atoms with Crippen LogP contribution >= 0.6 is 0 Å². The van der Waals surface area contributed by atoms with Crippen LogP contribution in [0.2, 0.25) is 0 Å². The van der Waals surface area contributed by atoms with Gasteiger partial charge >= 0.3 is 5.97 Å². The predicted molar refractivity (Wildman–Crippen MR) is 192 cm³/mol. The molecule has 0 aromatic heterocycles. The molecule has 1 aromatic rings. The van der Waals surface area contributed by atoms with Crippen LogP contribution in [0.25, 0.3) is 5.76 Å². The summed E-state index contributed by atoms with van der Waals surface area (Å²) < 4.78 is 4.97. The lowest BCUT2D eigenvalue weighted by Crippen LogP contribution is -2.17. The molecule has 2 atom stereocenters. The van der Waals surface area contributed by atoms with Gasteiger partial charge < -0.3 is 14.9 Å². The fourth-order valence-corrected chi connectivity index (χ4v) is 7.51. The second kappa shape index (κ2) is 12.2. The zero-order chi connectivity index (χ0) is 34.7. The number of ketones is 1. The Morgan fingerprint density at radius 3 is 2.27 bits per heavy atom. The van der Waals surface area contributed by atoms with Crippen molar-refractivity contribution in [3.8, 4) is 0 Å². The Bertz CT molecular complexity index is 2140. The maximum absolute atomic E-state index is 13.6. The van der Waals surface area contributed by atoms with E-state index in [0.717, 1.165) is 45.8 Å². The van der Waals surface area contributed by atoms with Gasteiger partial charge in [-0.05, 0) is 74.1 Å². The van der Waals surface area contributed by atoms with Gasteiger partial charge in [-0.15, -0.1) is 0 Å². The largest absolute Gasteiger partial charge is 0.504 e. The Morgan fingerprint density at radius 1 is 0.878 bits per heavy atom. The quantitative estimate of drug-likeness (QED) is 0.239. The lowest BCUT2D eigenvalue weighted by atomic mass is 9.84. The van der Waals surface area contributed by atoms with Gasteiger partial charge in [0.1, 0.15) is 0 Å². The average molecular weight is 655 g/mol. The van der Waals surface area contributed by atoms with Gasteiger partial charge in [-0.2, -0.15) is 0 Å². The number of carbonyl (C=O) groups is 2. The minimum absolute atomic E-state index is 0.00923. The van der Waals surface area contributed by atoms with Gasteiger partial charge in [0.2, 0.25) is 0 Å². The molecule has 49 heavy (non-hydrogen) atoms. The summed E-state index contributed by atoms with van der Waals surface area (Å²) in [4.78, 5) is 46.1. The number of aliphatic imine (C=N–C) groups is 4. The fraction of sp³-hybridized carbons (Fsp3) is 0.300. The van der Waals surface area contributed by atoms with Crippen molar-refractivity contribution in [3.63, 3.8) is 0 Å². The Morgan fingerprint density at radius 2 is 1.55 bits per heavy atom. The summed E-state index contributed by atoms with van der Waals surface area (Å²) in [6.45, 7) is 9.95. The molecule has 1 saturated carbocycles. The first-order chi connectivity index (χ1) is 23.5. The molecule has 8 bridgehead atoms. The third-order valence-electron chi connectivity index (χ3n) is 10.3. The van der Waals surface area contributed by atoms with Crippen LogP contribution in [0.15, 0.2) is 136 Å². The SMILES string of the molecule is CCC1=C(C)C2=CC3=NC(=CC4=NC(=C5CC(=O)C6=C(C)C(=CC1=N2)N=C56)[C@@H](CCC(=O)OC)[C@@H]4C)C(C)=C3C(O)=C(O)c1ccccc1. The topological polar surface area (TPSA) is 133 Å². The van der Waals surface area contributed by atoms with E-state index in [1.807, 2.05) is 45.1 Å². The molecule has 0 amide bonds. The Balaban J connectivity index is 1.49. The third kappa shape index (κ3) is 5.24. The van der Waals surface area contributed by atoms with E-state index in [1.54, 1.807) is 24.3 Å². The molecule has 5 heterocycles. The second-order valence-electron chi connectivity index (χ2n) is 13.1. The van der Waals surface area contributed by atoms with Crippen LogP contribution in [-0.2, 0) is 14.3 Å². The van der Waals surface area contributed by atoms with Crippen molar-refractivity contribution in [1.29, 1.82) is 0 Å². The van der Waals surface area contributed by atoms with E-state index in [0.29, 0.717) is 57.2 Å². The zero-order valence-electron chi connectivity index (χ0n) is 28.5. The highest BCUT2D eigenvalue weighted by Crippen LogP contribution is 2.45. The highest BCUT2D eigenvalue weighted by molar-refractivity contribution is 6.38. The highest BCUT2D eigenvalue weighted by Gasteiger charge is 2.42. The number of fused-ring (bicyclic) bond motifs is 4. The molecular weight excluding hydrogens is 616 g/mol. The van der Waals surface area contributed by atoms with Crippen LogP contribution in [0.3, 0.4) is 0 Å². The number of aliphatic hydroxyl groups is 2. The number of rotatable bonds is 6. The summed E-state index contributed by atoms with van der Waals surface area (Å²) in [5.41, 5.74) is 11.1. The number of nitrogens with zero attached hydrogens (tertiary/aromatic N) is 4. The predicted octanol–water partition coefficient (Wildman–Crippen LogP) is 7.75. The molecule has 5 aliphatic heterocycles. The molecule has 0 radical (unpaired) electrons. The molecule has 0 spiro atoms. The van der Waals surface area contributed by atoms with E-state index < -0.39 is 0 Å². The molecule has 9 nitrogen and oxygen atoms in total. The third-order valence-corrected chi connectivity index (χ3v) is 10.3. The smallest absolute Gasteiger partial charge is 0.305 e. The number of aliphatic hydroxyl groups excluding tert-OH is 2. The number of allylic oxidation sites excluding steroid dienone is 11. The summed E-state index contributed by atoms with van der Waals surface area (Å²) in [6.07, 6.45) is 7.32. The van der Waals surface area contributed by atoms with Gasteiger partial charge in [-0.1, -0.05) is 44.2 Å². The number of methoxy groups -OCH3 is 1. The molecule has 6 aliphatic rings. The summed E-state index contributed by atoms with van der Waals surface area (Å²) >= 11 is 0. The van der Waals surface area contributed by atoms with Gasteiger partial charge in [0, 0.05) is 47.1 Å². The lowest BCUT2D eigenvalue weighted by Gasteiger charge is -2.18. The van der Waals surface area contributed by atoms with E-state index in [1.165, 1.54) is 7.11 Å². The van der Waals surface area contributed by atoms with Crippen molar-refractivity contribution >= 4 is 40.4 Å². The Labute approximate surface area is 285 Å². The molecule has 1 aromatic carbocycles. The first kappa shape index (κ1) is 32.1. The molecule has 9 heteroatoms. The lowest BCUT2D eigenvalue weighted by molar-refractivity contribution is -0.140. The van der Waals surface area contributed by atoms with E-state index in [4.69, 9.17) is 24.7 Å². The maximum atomic E-state index is 13.6. The normalized spacial score (nSPS) is 23.4. The first-order valence-corrected chi connectivity index (χ1v) is 16.7. The van der Waals surface area contributed by atoms with Crippen LogP contribution in [-0.4, -0.2) is 51.9 Å². The van der Waals surface area contributed by atoms with Crippen molar-refractivity contribution < 1.29 is 24.5 Å². The van der Waals surface area contributed by atoms with Crippen LogP contribution < -0.4 is 0 Å². The summed E-state index contributed by atoms with van der Waals surface area (Å²) in [6, 6.07) is 8.90. The first-order valence-electron chi connectivity index (χ1n) is 16.7. The van der Waals surface area contributed by atoms with Crippen LogP contribution in [0.5, 0.6) is 0 Å². The number of Topliss-reactive ketones (excluding diaryl/α,β-unsaturated/α-hetero) is 1. The number of hydrogen-bond acceptors (Lipinski definition) is 9. The van der Waals surface area contributed by atoms with Crippen LogP contribution in [0.1, 0.15) is 65.9 Å². The van der Waals surface area contributed by atoms with Gasteiger partial charge in [-0.25, -0.2) is 15.0 Å². The summed E-state index contributed by atoms with van der Waals surface area (Å²) in [7, 11) is 1.38. The van der Waals surface area contributed by atoms with Crippen molar-refractivity contribution in [2.24, 2.45) is 31.8 Å². The van der Waals surface area contributed by atoms with Gasteiger partial charge in [0.05, 0.1) is 52.6 Å². The molecule has 2 N–H and O–H groups in total. The van der Waals surface area contributed by atoms with Crippen molar-refractivity contribution in [2.75, 3.05) is 7.11 Å². The molecular formula is C40H38N4O5. The van der Waals surface area contributed by atoms with Gasteiger partial charge in [-0.3, -0.25) is 14.6 Å². The van der Waals surface area contributed by atoms with Crippen molar-refractivity contribution in [1.82, 2.24) is 0 Å². The average Bonchev–Trinajstić information content (AvgIpc) is 3.85. The number of esters is 1. The maximum Gasteiger partial charge on any atom is 0.305 e. The van der Waals surface area contributed by atoms with Crippen molar-refractivity contribution in [3.05, 3.63) is 122 Å². The standard InChI is InChI=1S/C40H38N4O5/c1-7-24-19(2)27-18-32-35(40(48)39(47)23-11-9-8-10-12-23)21(4)29(42-32)16-28-20(3)25(13-14-34(46)49-6)37(43-28)26-15-33(45)36-22(5)30(44-38(26)36)17-31(24)41-27/h8-12,16-18,20,25,47-48H,7,13-15H2,1-6H3/t20-,25-/m0/s1. The number of hydrogen-bond donors (Lipinski definition) is 2. The van der Waals surface area contributed by atoms with Crippen molar-refractivity contribution in [2.45, 2.75) is 60.3 Å². The van der Waals surface area contributed by atoms with Crippen LogP contribution in [0, 0.1) is 11.8 Å². The minimum atomic E-state index is -0.308. The fourth-order valence-electron chi connectivity index (χ4n) is 7.51. The summed E-state index contributed by atoms with van der Waals surface area (Å²) in [5, 5.41) is 22.9. The molecule has 1 fully saturated rings. The number of ether oxygens (including phenoxy) is 1. The summed E-state index contributed by atoms with van der Waals surface area (Å²) in [5.74, 6) is -1.12. The Kier molecular flexibility index (Phi) is 8.01. The molecule has 0 saturated heterocycles. The zero-order valence-corrected chi connectivity index (χ0v) is 28.5. The molecule has 1 aliphatic carbocycles. The molecule has 0 unspecified atom stereocenters. The highest BCUT2D eigenvalue weighted by atomic mass is 16.5.